The second-order valence-corrected chi connectivity index (χ2v) is 4.97. The van der Waals surface area contributed by atoms with Crippen LogP contribution in [0.15, 0.2) is 11.6 Å². The maximum atomic E-state index is 10.7. The molecule has 0 heterocycles. The molecule has 0 spiro atoms. The standard InChI is InChI=1S/C7H11O7P/c8-4-1-3(7(10)11)2-5(6(4)9)15(12,13)14/h2,4-6,8-9H,1H2,(H,10,11)(H2,12,13,14)/p-2/t4-,5-,6+/m1/s1. The molecule has 15 heavy (non-hydrogen) atoms. The lowest BCUT2D eigenvalue weighted by atomic mass is 9.94. The van der Waals surface area contributed by atoms with Gasteiger partial charge in [-0.15, -0.1) is 0 Å². The number of carboxylic acids is 1. The first-order valence-electron chi connectivity index (χ1n) is 4.05. The zero-order valence-corrected chi connectivity index (χ0v) is 8.33. The van der Waals surface area contributed by atoms with Crippen molar-refractivity contribution in [2.24, 2.45) is 0 Å². The van der Waals surface area contributed by atoms with Gasteiger partial charge in [0.15, 0.2) is 0 Å². The van der Waals surface area contributed by atoms with E-state index in [0.29, 0.717) is 6.08 Å². The third-order valence-corrected chi connectivity index (χ3v) is 3.37. The Bertz CT molecular complexity index is 294. The summed E-state index contributed by atoms with van der Waals surface area (Å²) in [5.41, 5.74) is -2.27. The quantitative estimate of drug-likeness (QED) is 0.418. The monoisotopic (exact) mass is 236 g/mol. The van der Waals surface area contributed by atoms with Crippen LogP contribution in [0.3, 0.4) is 0 Å². The number of hydrogen-bond donors (Lipinski definition) is 3. The highest BCUT2D eigenvalue weighted by Gasteiger charge is 2.37. The van der Waals surface area contributed by atoms with Crippen LogP contribution in [0.4, 0.5) is 0 Å². The Hall–Kier alpha value is -0.560. The average molecular weight is 236 g/mol. The van der Waals surface area contributed by atoms with Gasteiger partial charge in [-0.3, -0.25) is 0 Å². The fraction of sp³-hybridized carbons (Fsp3) is 0.571. The zero-order valence-electron chi connectivity index (χ0n) is 7.44. The first-order valence-corrected chi connectivity index (χ1v) is 5.66. The van der Waals surface area contributed by atoms with Gasteiger partial charge in [-0.1, -0.05) is 0 Å². The van der Waals surface area contributed by atoms with Gasteiger partial charge >= 0.3 is 5.97 Å². The van der Waals surface area contributed by atoms with Crippen LogP contribution >= 0.6 is 7.94 Å². The van der Waals surface area contributed by atoms with Gasteiger partial charge in [0, 0.05) is 12.0 Å². The summed E-state index contributed by atoms with van der Waals surface area (Å²) in [7, 11) is -5.16. The molecule has 0 radical (unpaired) electrons. The van der Waals surface area contributed by atoms with Crippen molar-refractivity contribution >= 4 is 13.9 Å². The summed E-state index contributed by atoms with van der Waals surface area (Å²) >= 11 is 0. The molecule has 0 saturated heterocycles. The molecule has 1 aliphatic rings. The van der Waals surface area contributed by atoms with E-state index in [2.05, 4.69) is 0 Å². The minimum atomic E-state index is -5.16. The molecule has 0 aromatic rings. The maximum Gasteiger partial charge on any atom is 0.331 e. The lowest BCUT2D eigenvalue weighted by Gasteiger charge is -2.50. The van der Waals surface area contributed by atoms with Crippen molar-refractivity contribution in [2.45, 2.75) is 24.3 Å². The topological polar surface area (TPSA) is 147 Å². The van der Waals surface area contributed by atoms with Gasteiger partial charge in [-0.05, 0) is 6.08 Å². The van der Waals surface area contributed by atoms with Gasteiger partial charge in [0.2, 0.25) is 0 Å². The van der Waals surface area contributed by atoms with E-state index in [9.17, 15) is 29.7 Å². The molecule has 0 aromatic carbocycles. The summed E-state index contributed by atoms with van der Waals surface area (Å²) in [5, 5.41) is 27.0. The smallest absolute Gasteiger partial charge is 0.331 e. The van der Waals surface area contributed by atoms with E-state index < -0.39 is 31.8 Å². The van der Waals surface area contributed by atoms with E-state index in [-0.39, 0.29) is 12.0 Å². The molecule has 0 bridgehead atoms. The molecule has 3 N–H and O–H groups in total. The van der Waals surface area contributed by atoms with Crippen LogP contribution in [0.1, 0.15) is 6.42 Å². The van der Waals surface area contributed by atoms with E-state index in [1.165, 1.54) is 0 Å². The number of carboxylic acid groups (broad SMARTS) is 1. The minimum Gasteiger partial charge on any atom is -0.687 e. The number of aliphatic hydroxyl groups is 2. The molecule has 0 aromatic heterocycles. The molecular weight excluding hydrogens is 227 g/mol. The normalized spacial score (nSPS) is 32.3. The first kappa shape index (κ1) is 12.5. The van der Waals surface area contributed by atoms with Crippen molar-refractivity contribution in [2.75, 3.05) is 0 Å². The third kappa shape index (κ3) is 2.72. The second-order valence-electron chi connectivity index (χ2n) is 3.29. The number of aliphatic hydroxyl groups excluding tert-OH is 2. The highest BCUT2D eigenvalue weighted by Crippen LogP contribution is 2.42. The van der Waals surface area contributed by atoms with Gasteiger partial charge in [-0.25, -0.2) is 4.79 Å². The molecule has 1 aliphatic carbocycles. The van der Waals surface area contributed by atoms with Crippen molar-refractivity contribution < 1.29 is 34.8 Å². The summed E-state index contributed by atoms with van der Waals surface area (Å²) in [6.07, 6.45) is -3.02. The number of rotatable bonds is 2. The number of hydrogen-bond acceptors (Lipinski definition) is 6. The molecule has 3 atom stereocenters. The largest absolute Gasteiger partial charge is 0.687 e. The highest BCUT2D eigenvalue weighted by atomic mass is 31.2. The Morgan fingerprint density at radius 3 is 2.33 bits per heavy atom. The molecular formula is C7H9O7P-2. The Morgan fingerprint density at radius 1 is 1.40 bits per heavy atom. The van der Waals surface area contributed by atoms with Crippen molar-refractivity contribution in [3.63, 3.8) is 0 Å². The summed E-state index contributed by atoms with van der Waals surface area (Å²) in [6, 6.07) is 0. The van der Waals surface area contributed by atoms with Crippen molar-refractivity contribution in [3.8, 4) is 0 Å². The van der Waals surface area contributed by atoms with Gasteiger partial charge in [0.05, 0.1) is 11.8 Å². The Kier molecular flexibility index (Phi) is 3.44. The van der Waals surface area contributed by atoms with E-state index in [1.807, 2.05) is 0 Å². The number of aliphatic carboxylic acids is 1. The Morgan fingerprint density at radius 2 is 1.93 bits per heavy atom. The summed E-state index contributed by atoms with van der Waals surface area (Å²) in [4.78, 5) is 42.5. The maximum absolute atomic E-state index is 10.7. The van der Waals surface area contributed by atoms with Gasteiger partial charge in [0.25, 0.3) is 0 Å². The van der Waals surface area contributed by atoms with Crippen molar-refractivity contribution in [3.05, 3.63) is 11.6 Å². The molecule has 0 fully saturated rings. The van der Waals surface area contributed by atoms with E-state index in [4.69, 9.17) is 5.11 Å². The Balaban J connectivity index is 3.03. The second kappa shape index (κ2) is 4.13. The third-order valence-electron chi connectivity index (χ3n) is 2.18. The minimum absolute atomic E-state index is 0.382. The van der Waals surface area contributed by atoms with Gasteiger partial charge in [0.1, 0.15) is 6.10 Å². The highest BCUT2D eigenvalue weighted by molar-refractivity contribution is 7.55. The van der Waals surface area contributed by atoms with Crippen LogP contribution in [0, 0.1) is 0 Å². The predicted molar refractivity (Wildman–Crippen MR) is 43.1 cm³/mol. The first-order chi connectivity index (χ1) is 6.73. The Labute approximate surface area is 85.5 Å². The SMILES string of the molecule is O=C(O)C1=C[C@@H]([P+]([O-])([O-])[O-])[C@@H](O)[C@H](O)C1. The molecule has 1 rings (SSSR count). The van der Waals surface area contributed by atoms with Crippen LogP contribution in [0.2, 0.25) is 0 Å². The van der Waals surface area contributed by atoms with Crippen LogP contribution in [0.25, 0.3) is 0 Å². The summed E-state index contributed by atoms with van der Waals surface area (Å²) in [5.74, 6) is -1.42. The molecule has 0 unspecified atom stereocenters. The fourth-order valence-electron chi connectivity index (χ4n) is 1.38. The number of carbonyl (C=O) groups is 1. The van der Waals surface area contributed by atoms with E-state index in [0.717, 1.165) is 0 Å². The van der Waals surface area contributed by atoms with E-state index in [1.54, 1.807) is 0 Å². The predicted octanol–water partition coefficient (Wildman–Crippen LogP) is -3.66. The summed E-state index contributed by atoms with van der Waals surface area (Å²) < 4.78 is 0. The van der Waals surface area contributed by atoms with Crippen LogP contribution in [0.5, 0.6) is 0 Å². The van der Waals surface area contributed by atoms with Crippen molar-refractivity contribution in [1.29, 1.82) is 0 Å². The molecule has 0 amide bonds. The molecule has 0 aliphatic heterocycles. The van der Waals surface area contributed by atoms with Crippen molar-refractivity contribution in [1.82, 2.24) is 0 Å². The van der Waals surface area contributed by atoms with Crippen LogP contribution in [-0.4, -0.2) is 39.2 Å². The van der Waals surface area contributed by atoms with Crippen LogP contribution in [-0.2, 0) is 4.79 Å². The lowest BCUT2D eigenvalue weighted by Crippen LogP contribution is -2.51. The molecule has 8 heteroatoms. The summed E-state index contributed by atoms with van der Waals surface area (Å²) in [6.45, 7) is 0. The lowest BCUT2D eigenvalue weighted by molar-refractivity contribution is -0.431. The molecule has 7 nitrogen and oxygen atoms in total. The zero-order chi connectivity index (χ0) is 11.8. The average Bonchev–Trinajstić information content (AvgIpc) is 2.06. The fourth-order valence-corrected chi connectivity index (χ4v) is 2.32. The van der Waals surface area contributed by atoms with Gasteiger partial charge < -0.3 is 30.0 Å². The van der Waals surface area contributed by atoms with Gasteiger partial charge in [-0.2, -0.15) is 7.94 Å². The van der Waals surface area contributed by atoms with E-state index >= 15 is 0 Å². The molecule has 86 valence electrons. The van der Waals surface area contributed by atoms with Crippen LogP contribution < -0.4 is 14.7 Å². The molecule has 0 saturated carbocycles.